The molecule has 0 N–H and O–H groups in total. The molecule has 1 aromatic carbocycles. The second-order valence-corrected chi connectivity index (χ2v) is 8.33. The van der Waals surface area contributed by atoms with E-state index in [1.165, 1.54) is 63.4 Å². The summed E-state index contributed by atoms with van der Waals surface area (Å²) in [4.78, 5) is 0. The fraction of sp³-hybridized carbons (Fsp3) is 0.625. The van der Waals surface area contributed by atoms with Crippen molar-refractivity contribution >= 4 is 0 Å². The lowest BCUT2D eigenvalue weighted by atomic mass is 9.68. The topological polar surface area (TPSA) is 23.8 Å². The summed E-state index contributed by atoms with van der Waals surface area (Å²) in [6, 6.07) is 10.5. The van der Waals surface area contributed by atoms with Crippen LogP contribution >= 0.6 is 0 Å². The van der Waals surface area contributed by atoms with Crippen LogP contribution < -0.4 is 0 Å². The summed E-state index contributed by atoms with van der Waals surface area (Å²) in [6.07, 6.45) is 16.9. The third kappa shape index (κ3) is 5.19. The van der Waals surface area contributed by atoms with Crippen LogP contribution in [0.1, 0.15) is 81.3 Å². The Morgan fingerprint density at radius 1 is 0.885 bits per heavy atom. The first kappa shape index (κ1) is 19.2. The van der Waals surface area contributed by atoms with Crippen LogP contribution in [0.3, 0.4) is 0 Å². The largest absolute Gasteiger partial charge is 0.247 e. The van der Waals surface area contributed by atoms with E-state index < -0.39 is 0 Å². The van der Waals surface area contributed by atoms with Gasteiger partial charge in [-0.15, -0.1) is 0 Å². The molecular weight excluding hydrogens is 321 g/mol. The smallest absolute Gasteiger partial charge is 0.108 e. The second kappa shape index (κ2) is 9.91. The lowest BCUT2D eigenvalue weighted by Gasteiger charge is -2.38. The molecule has 0 atom stereocenters. The van der Waals surface area contributed by atoms with Crippen molar-refractivity contribution in [2.45, 2.75) is 70.1 Å². The summed E-state index contributed by atoms with van der Waals surface area (Å²) in [5, 5.41) is 8.94. The normalized spacial score (nSPS) is 29.5. The van der Waals surface area contributed by atoms with Gasteiger partial charge in [0.2, 0.25) is 0 Å². The number of alkyl halides is 1. The van der Waals surface area contributed by atoms with Gasteiger partial charge in [-0.05, 0) is 92.7 Å². The molecule has 3 rings (SSSR count). The van der Waals surface area contributed by atoms with E-state index in [1.807, 2.05) is 18.2 Å². The monoisotopic (exact) mass is 353 g/mol. The third-order valence-electron chi connectivity index (χ3n) is 6.84. The van der Waals surface area contributed by atoms with Gasteiger partial charge >= 0.3 is 0 Å². The first-order valence-corrected chi connectivity index (χ1v) is 10.5. The molecule has 2 aliphatic carbocycles. The Balaban J connectivity index is 1.40. The van der Waals surface area contributed by atoms with Gasteiger partial charge < -0.3 is 0 Å². The molecule has 0 heterocycles. The predicted octanol–water partition coefficient (Wildman–Crippen LogP) is 6.94. The quantitative estimate of drug-likeness (QED) is 0.508. The van der Waals surface area contributed by atoms with Crippen LogP contribution in [0.5, 0.6) is 0 Å². The van der Waals surface area contributed by atoms with Gasteiger partial charge in [0.05, 0.1) is 11.6 Å². The van der Waals surface area contributed by atoms with E-state index in [1.54, 1.807) is 6.08 Å². The molecule has 0 aliphatic heterocycles. The summed E-state index contributed by atoms with van der Waals surface area (Å²) in [7, 11) is 0. The predicted molar refractivity (Wildman–Crippen MR) is 106 cm³/mol. The fourth-order valence-electron chi connectivity index (χ4n) is 5.21. The molecule has 0 unspecified atom stereocenters. The number of benzene rings is 1. The molecule has 26 heavy (non-hydrogen) atoms. The highest BCUT2D eigenvalue weighted by molar-refractivity contribution is 5.33. The molecule has 0 spiro atoms. The molecule has 0 aromatic heterocycles. The van der Waals surface area contributed by atoms with Gasteiger partial charge in [-0.2, -0.15) is 5.26 Å². The van der Waals surface area contributed by atoms with Crippen molar-refractivity contribution in [1.82, 2.24) is 0 Å². The maximum atomic E-state index is 12.1. The van der Waals surface area contributed by atoms with E-state index in [4.69, 9.17) is 5.26 Å². The molecule has 0 radical (unpaired) electrons. The molecule has 0 bridgehead atoms. The second-order valence-electron chi connectivity index (χ2n) is 8.33. The summed E-state index contributed by atoms with van der Waals surface area (Å²) in [5.41, 5.74) is 2.19. The van der Waals surface area contributed by atoms with Gasteiger partial charge in [0, 0.05) is 0 Å². The minimum absolute atomic E-state index is 0.322. The summed E-state index contributed by atoms with van der Waals surface area (Å²) in [6.45, 7) is -0.322. The Morgan fingerprint density at radius 2 is 1.50 bits per heavy atom. The van der Waals surface area contributed by atoms with E-state index >= 15 is 0 Å². The van der Waals surface area contributed by atoms with Gasteiger partial charge in [-0.25, -0.2) is 4.39 Å². The van der Waals surface area contributed by atoms with Gasteiger partial charge in [0.25, 0.3) is 0 Å². The summed E-state index contributed by atoms with van der Waals surface area (Å²) in [5.74, 6) is 3.43. The van der Waals surface area contributed by atoms with Crippen molar-refractivity contribution in [3.8, 4) is 6.07 Å². The highest BCUT2D eigenvalue weighted by Gasteiger charge is 2.31. The standard InChI is InChI=1S/C24H32FN/c25-17-3-1-2-4-19-5-9-21(10-6-19)23-13-15-24(16-14-23)22-11-7-20(18-26)8-12-22/h1,3,7-8,11-12,19,21,23-24H,2,4-6,9-10,13-17H2/b3-1+. The number of nitrogens with zero attached hydrogens (tertiary/aromatic N) is 1. The number of hydrogen-bond donors (Lipinski definition) is 0. The molecule has 0 amide bonds. The first-order chi connectivity index (χ1) is 12.8. The molecule has 2 fully saturated rings. The van der Waals surface area contributed by atoms with Crippen molar-refractivity contribution in [2.24, 2.45) is 17.8 Å². The van der Waals surface area contributed by atoms with E-state index in [2.05, 4.69) is 18.2 Å². The average molecular weight is 354 g/mol. The SMILES string of the molecule is N#Cc1ccc(C2CCC(C3CCC(CC/C=C/CF)CC3)CC2)cc1. The molecule has 2 saturated carbocycles. The highest BCUT2D eigenvalue weighted by Crippen LogP contribution is 2.44. The minimum atomic E-state index is -0.322. The van der Waals surface area contributed by atoms with Gasteiger partial charge in [-0.3, -0.25) is 0 Å². The van der Waals surface area contributed by atoms with Crippen molar-refractivity contribution in [3.05, 3.63) is 47.5 Å². The van der Waals surface area contributed by atoms with Gasteiger partial charge in [0.15, 0.2) is 0 Å². The molecule has 1 aromatic rings. The van der Waals surface area contributed by atoms with Crippen LogP contribution in [0.15, 0.2) is 36.4 Å². The Hall–Kier alpha value is -1.62. The van der Waals surface area contributed by atoms with E-state index in [0.717, 1.165) is 29.7 Å². The van der Waals surface area contributed by atoms with Crippen molar-refractivity contribution in [3.63, 3.8) is 0 Å². The Bertz CT molecular complexity index is 596. The molecule has 1 nitrogen and oxygen atoms in total. The Labute approximate surface area is 158 Å². The van der Waals surface area contributed by atoms with Gasteiger partial charge in [-0.1, -0.05) is 37.1 Å². The summed E-state index contributed by atoms with van der Waals surface area (Å²) < 4.78 is 12.1. The number of allylic oxidation sites excluding steroid dienone is 2. The molecule has 140 valence electrons. The molecule has 2 aliphatic rings. The van der Waals surface area contributed by atoms with Crippen LogP contribution in [-0.2, 0) is 0 Å². The summed E-state index contributed by atoms with van der Waals surface area (Å²) >= 11 is 0. The van der Waals surface area contributed by atoms with Crippen LogP contribution in [0, 0.1) is 29.1 Å². The number of halogens is 1. The third-order valence-corrected chi connectivity index (χ3v) is 6.84. The van der Waals surface area contributed by atoms with E-state index in [-0.39, 0.29) is 6.67 Å². The van der Waals surface area contributed by atoms with E-state index in [0.29, 0.717) is 5.92 Å². The van der Waals surface area contributed by atoms with E-state index in [9.17, 15) is 4.39 Å². The van der Waals surface area contributed by atoms with Crippen molar-refractivity contribution in [2.75, 3.05) is 6.67 Å². The van der Waals surface area contributed by atoms with Crippen LogP contribution in [0.25, 0.3) is 0 Å². The average Bonchev–Trinajstić information content (AvgIpc) is 2.72. The molecular formula is C24H32FN. The fourth-order valence-corrected chi connectivity index (χ4v) is 5.21. The maximum absolute atomic E-state index is 12.1. The number of hydrogen-bond acceptors (Lipinski definition) is 1. The lowest BCUT2D eigenvalue weighted by Crippen LogP contribution is -2.25. The number of rotatable bonds is 6. The zero-order chi connectivity index (χ0) is 18.2. The number of nitriles is 1. The zero-order valence-electron chi connectivity index (χ0n) is 15.9. The Kier molecular flexibility index (Phi) is 7.30. The molecule has 0 saturated heterocycles. The maximum Gasteiger partial charge on any atom is 0.108 e. The van der Waals surface area contributed by atoms with Crippen LogP contribution in [0.2, 0.25) is 0 Å². The zero-order valence-corrected chi connectivity index (χ0v) is 15.9. The van der Waals surface area contributed by atoms with Crippen molar-refractivity contribution < 1.29 is 4.39 Å². The first-order valence-electron chi connectivity index (χ1n) is 10.5. The Morgan fingerprint density at radius 3 is 2.08 bits per heavy atom. The lowest BCUT2D eigenvalue weighted by molar-refractivity contribution is 0.157. The highest BCUT2D eigenvalue weighted by atomic mass is 19.1. The van der Waals surface area contributed by atoms with Crippen molar-refractivity contribution in [1.29, 1.82) is 5.26 Å². The van der Waals surface area contributed by atoms with Crippen LogP contribution in [-0.4, -0.2) is 6.67 Å². The molecule has 2 heteroatoms. The van der Waals surface area contributed by atoms with Crippen LogP contribution in [0.4, 0.5) is 4.39 Å². The minimum Gasteiger partial charge on any atom is -0.247 e. The van der Waals surface area contributed by atoms with Gasteiger partial charge in [0.1, 0.15) is 6.67 Å².